The largest absolute Gasteiger partial charge is 0.487 e. The molecular weight excluding hydrogens is 518 g/mol. The Kier molecular flexibility index (Phi) is 7.29. The van der Waals surface area contributed by atoms with Gasteiger partial charge in [-0.25, -0.2) is 9.78 Å². The fourth-order valence-electron chi connectivity index (χ4n) is 5.28. The van der Waals surface area contributed by atoms with E-state index < -0.39 is 0 Å². The van der Waals surface area contributed by atoms with Crippen molar-refractivity contribution in [3.63, 3.8) is 0 Å². The van der Waals surface area contributed by atoms with Gasteiger partial charge >= 0.3 is 5.69 Å². The second-order valence-corrected chi connectivity index (χ2v) is 11.1. The van der Waals surface area contributed by atoms with Crippen LogP contribution in [0.1, 0.15) is 52.1 Å². The number of hydrogen-bond acceptors (Lipinski definition) is 7. The van der Waals surface area contributed by atoms with E-state index in [2.05, 4.69) is 14.9 Å². The molecule has 0 bridgehead atoms. The number of fused-ring (bicyclic) bond motifs is 2. The summed E-state index contributed by atoms with van der Waals surface area (Å²) >= 11 is 6.37. The molecule has 2 aromatic heterocycles. The highest BCUT2D eigenvalue weighted by Crippen LogP contribution is 2.38. The Bertz CT molecular complexity index is 1670. The Morgan fingerprint density at radius 3 is 2.21 bits per heavy atom. The van der Waals surface area contributed by atoms with Gasteiger partial charge in [-0.05, 0) is 77.3 Å². The van der Waals surface area contributed by atoms with Gasteiger partial charge in [-0.15, -0.1) is 0 Å². The lowest BCUT2D eigenvalue weighted by molar-refractivity contribution is 0.199. The minimum absolute atomic E-state index is 0.0390. The number of hydrogen-bond donors (Lipinski definition) is 0. The van der Waals surface area contributed by atoms with E-state index in [1.807, 2.05) is 65.0 Å². The lowest BCUT2D eigenvalue weighted by Crippen LogP contribution is -2.45. The van der Waals surface area contributed by atoms with Crippen LogP contribution in [0.25, 0.3) is 21.8 Å². The van der Waals surface area contributed by atoms with Crippen molar-refractivity contribution in [1.29, 1.82) is 0 Å². The van der Waals surface area contributed by atoms with Crippen LogP contribution in [0.4, 0.5) is 5.82 Å². The summed E-state index contributed by atoms with van der Waals surface area (Å²) < 4.78 is 15.1. The molecule has 206 valence electrons. The van der Waals surface area contributed by atoms with Crippen molar-refractivity contribution in [3.8, 4) is 11.5 Å². The number of anilines is 1. The van der Waals surface area contributed by atoms with E-state index in [1.54, 1.807) is 11.6 Å². The molecule has 39 heavy (non-hydrogen) atoms. The highest BCUT2D eigenvalue weighted by atomic mass is 35.5. The van der Waals surface area contributed by atoms with Crippen molar-refractivity contribution in [2.75, 3.05) is 18.0 Å². The minimum atomic E-state index is -0.293. The van der Waals surface area contributed by atoms with Gasteiger partial charge in [-0.2, -0.15) is 4.98 Å². The molecule has 0 spiro atoms. The number of ether oxygens (including phenoxy) is 2. The monoisotopic (exact) mass is 551 g/mol. The number of aryl methyl sites for hydroxylation is 2. The molecule has 10 heteroatoms. The van der Waals surface area contributed by atoms with Gasteiger partial charge in [-0.1, -0.05) is 11.6 Å². The van der Waals surface area contributed by atoms with Gasteiger partial charge in [0.05, 0.1) is 28.6 Å². The first-order valence-electron chi connectivity index (χ1n) is 13.3. The van der Waals surface area contributed by atoms with E-state index in [0.717, 1.165) is 10.9 Å². The van der Waals surface area contributed by atoms with E-state index in [0.29, 0.717) is 59.7 Å². The molecule has 0 amide bonds. The quantitative estimate of drug-likeness (QED) is 0.311. The number of aromatic nitrogens is 4. The SMILES string of the molecule is Cc1ccc2c(c1)c(=O)n(C1CCN(c3nc(Cl)nc4cc(OC(C)C)c(OC(C)C)cc34)CC1)c(=O)n2C. The fourth-order valence-corrected chi connectivity index (χ4v) is 5.45. The number of benzene rings is 2. The molecule has 0 unspecified atom stereocenters. The van der Waals surface area contributed by atoms with E-state index >= 15 is 0 Å². The van der Waals surface area contributed by atoms with Crippen molar-refractivity contribution in [3.05, 3.63) is 62.0 Å². The van der Waals surface area contributed by atoms with Crippen molar-refractivity contribution < 1.29 is 9.47 Å². The number of nitrogens with zero attached hydrogens (tertiary/aromatic N) is 5. The number of halogens is 1. The maximum atomic E-state index is 13.4. The van der Waals surface area contributed by atoms with E-state index in [-0.39, 0.29) is 34.8 Å². The molecule has 5 rings (SSSR count). The summed E-state index contributed by atoms with van der Waals surface area (Å²) in [5, 5.41) is 1.51. The standard InChI is InChI=1S/C29H34ClN5O4/c1-16(2)38-24-14-20-22(15-25(24)39-17(3)4)31-28(30)32-26(20)34-11-9-19(10-12-34)35-27(36)21-13-18(5)7-8-23(21)33(6)29(35)37/h7-8,13-17,19H,9-12H2,1-6H3. The van der Waals surface area contributed by atoms with E-state index in [4.69, 9.17) is 21.1 Å². The molecule has 4 aromatic rings. The summed E-state index contributed by atoms with van der Waals surface area (Å²) in [4.78, 5) is 37.8. The zero-order valence-corrected chi connectivity index (χ0v) is 24.0. The molecule has 9 nitrogen and oxygen atoms in total. The van der Waals surface area contributed by atoms with Crippen LogP contribution in [-0.2, 0) is 7.05 Å². The van der Waals surface area contributed by atoms with Gasteiger partial charge in [0.2, 0.25) is 5.28 Å². The summed E-state index contributed by atoms with van der Waals surface area (Å²) in [5.74, 6) is 1.92. The van der Waals surface area contributed by atoms with Crippen molar-refractivity contribution in [1.82, 2.24) is 19.1 Å². The Morgan fingerprint density at radius 1 is 0.923 bits per heavy atom. The zero-order chi connectivity index (χ0) is 28.0. The third-order valence-corrected chi connectivity index (χ3v) is 7.19. The zero-order valence-electron chi connectivity index (χ0n) is 23.2. The van der Waals surface area contributed by atoms with Gasteiger partial charge in [0.1, 0.15) is 5.82 Å². The Labute approximate surface area is 232 Å². The number of piperidine rings is 1. The maximum Gasteiger partial charge on any atom is 0.331 e. The topological polar surface area (TPSA) is 91.5 Å². The average Bonchev–Trinajstić information content (AvgIpc) is 2.87. The van der Waals surface area contributed by atoms with Gasteiger partial charge in [0, 0.05) is 37.6 Å². The Hall–Kier alpha value is -3.59. The molecule has 0 saturated carbocycles. The van der Waals surface area contributed by atoms with Crippen LogP contribution in [0.5, 0.6) is 11.5 Å². The predicted molar refractivity (Wildman–Crippen MR) is 155 cm³/mol. The Morgan fingerprint density at radius 2 is 1.56 bits per heavy atom. The van der Waals surface area contributed by atoms with E-state index in [9.17, 15) is 9.59 Å². The Balaban J connectivity index is 1.50. The average molecular weight is 552 g/mol. The van der Waals surface area contributed by atoms with Crippen LogP contribution in [-0.4, -0.2) is 44.4 Å². The molecule has 0 radical (unpaired) electrons. The van der Waals surface area contributed by atoms with Gasteiger partial charge < -0.3 is 14.4 Å². The highest BCUT2D eigenvalue weighted by molar-refractivity contribution is 6.28. The molecular formula is C29H34ClN5O4. The van der Waals surface area contributed by atoms with Crippen LogP contribution in [0, 0.1) is 6.92 Å². The molecule has 2 aromatic carbocycles. The van der Waals surface area contributed by atoms with Crippen LogP contribution >= 0.6 is 11.6 Å². The maximum absolute atomic E-state index is 13.4. The summed E-state index contributed by atoms with van der Waals surface area (Å²) in [7, 11) is 1.72. The van der Waals surface area contributed by atoms with Crippen LogP contribution in [0.3, 0.4) is 0 Å². The summed E-state index contributed by atoms with van der Waals surface area (Å²) in [6.07, 6.45) is 1.14. The van der Waals surface area contributed by atoms with Gasteiger partial charge in [-0.3, -0.25) is 13.9 Å². The van der Waals surface area contributed by atoms with Crippen LogP contribution in [0.15, 0.2) is 39.9 Å². The second-order valence-electron chi connectivity index (χ2n) is 10.7. The molecule has 0 N–H and O–H groups in total. The molecule has 1 aliphatic heterocycles. The molecule has 1 saturated heterocycles. The van der Waals surface area contributed by atoms with Gasteiger partial charge in [0.15, 0.2) is 11.5 Å². The second kappa shape index (κ2) is 10.5. The third-order valence-electron chi connectivity index (χ3n) is 7.02. The fraction of sp³-hybridized carbons (Fsp3) is 0.448. The van der Waals surface area contributed by atoms with Crippen molar-refractivity contribution >= 4 is 39.2 Å². The lowest BCUT2D eigenvalue weighted by atomic mass is 10.0. The lowest BCUT2D eigenvalue weighted by Gasteiger charge is -2.34. The summed E-state index contributed by atoms with van der Waals surface area (Å²) in [5.41, 5.74) is 1.76. The van der Waals surface area contributed by atoms with Crippen molar-refractivity contribution in [2.24, 2.45) is 7.05 Å². The van der Waals surface area contributed by atoms with Crippen LogP contribution in [0.2, 0.25) is 5.28 Å². The third kappa shape index (κ3) is 5.20. The first-order valence-corrected chi connectivity index (χ1v) is 13.7. The molecule has 1 fully saturated rings. The van der Waals surface area contributed by atoms with E-state index in [1.165, 1.54) is 4.57 Å². The van der Waals surface area contributed by atoms with Crippen LogP contribution < -0.4 is 25.6 Å². The summed E-state index contributed by atoms with van der Waals surface area (Å²) in [6.45, 7) is 11.0. The number of rotatable bonds is 6. The first kappa shape index (κ1) is 27.0. The molecule has 3 heterocycles. The summed E-state index contributed by atoms with van der Waals surface area (Å²) in [6, 6.07) is 9.14. The molecule has 1 aliphatic rings. The molecule has 0 atom stereocenters. The van der Waals surface area contributed by atoms with Crippen molar-refractivity contribution in [2.45, 2.75) is 65.7 Å². The first-order chi connectivity index (χ1) is 18.5. The highest BCUT2D eigenvalue weighted by Gasteiger charge is 2.27. The predicted octanol–water partition coefficient (Wildman–Crippen LogP) is 5.02. The minimum Gasteiger partial charge on any atom is -0.487 e. The van der Waals surface area contributed by atoms with Gasteiger partial charge in [0.25, 0.3) is 5.56 Å². The molecule has 0 aliphatic carbocycles. The smallest absolute Gasteiger partial charge is 0.331 e. The normalized spacial score (nSPS) is 14.6.